The smallest absolute Gasteiger partial charge is 0.303 e. The van der Waals surface area contributed by atoms with Crippen molar-refractivity contribution in [2.75, 3.05) is 6.61 Å². The fraction of sp³-hybridized carbons (Fsp3) is 0.882. The molecule has 0 radical (unpaired) electrons. The van der Waals surface area contributed by atoms with E-state index in [2.05, 4.69) is 6.92 Å². The maximum absolute atomic E-state index is 12.9. The fourth-order valence-electron chi connectivity index (χ4n) is 6.12. The second kappa shape index (κ2) is 20.5. The van der Waals surface area contributed by atoms with Crippen molar-refractivity contribution >= 4 is 31.8 Å². The molecule has 1 fully saturated rings. The number of hydrogen-bond donors (Lipinski definition) is 2. The van der Waals surface area contributed by atoms with E-state index in [4.69, 9.17) is 18.6 Å². The molecule has 0 bridgehead atoms. The van der Waals surface area contributed by atoms with Crippen LogP contribution in [0.2, 0.25) is 19.1 Å². The molecule has 45 heavy (non-hydrogen) atoms. The predicted octanol–water partition coefficient (Wildman–Crippen LogP) is 6.33. The first-order chi connectivity index (χ1) is 21.1. The number of Topliss-reactive ketones (excluding diaryl/α,β-unsaturated/α-hetero) is 2. The van der Waals surface area contributed by atoms with E-state index < -0.39 is 68.1 Å². The molecule has 262 valence electrons. The van der Waals surface area contributed by atoms with Crippen LogP contribution in [0, 0.1) is 0 Å². The van der Waals surface area contributed by atoms with Crippen molar-refractivity contribution in [3.8, 4) is 0 Å². The predicted molar refractivity (Wildman–Crippen MR) is 175 cm³/mol. The summed E-state index contributed by atoms with van der Waals surface area (Å²) < 4.78 is 22.5. The quantitative estimate of drug-likeness (QED) is 0.0685. The summed E-state index contributed by atoms with van der Waals surface area (Å²) in [7, 11) is -2.63. The maximum atomic E-state index is 12.9. The van der Waals surface area contributed by atoms with E-state index >= 15 is 0 Å². The van der Waals surface area contributed by atoms with Gasteiger partial charge >= 0.3 is 11.9 Å². The minimum absolute atomic E-state index is 0.502. The summed E-state index contributed by atoms with van der Waals surface area (Å²) in [5, 5.41) is 23.4. The zero-order valence-electron chi connectivity index (χ0n) is 29.1. The molecule has 0 spiro atoms. The minimum Gasteiger partial charge on any atom is -0.463 e. The Morgan fingerprint density at radius 3 is 1.47 bits per heavy atom. The van der Waals surface area contributed by atoms with E-state index in [0.717, 1.165) is 47.0 Å². The molecule has 0 amide bonds. The average molecular weight is 659 g/mol. The Hall–Kier alpha value is -1.66. The van der Waals surface area contributed by atoms with Gasteiger partial charge < -0.3 is 28.8 Å². The molecule has 0 aromatic rings. The van der Waals surface area contributed by atoms with Crippen LogP contribution in [-0.4, -0.2) is 78.3 Å². The van der Waals surface area contributed by atoms with Crippen molar-refractivity contribution in [2.45, 2.75) is 186 Å². The van der Waals surface area contributed by atoms with Gasteiger partial charge in [-0.15, -0.1) is 0 Å². The number of rotatable bonds is 24. The number of ketones is 2. The van der Waals surface area contributed by atoms with Gasteiger partial charge in [-0.3, -0.25) is 19.2 Å². The summed E-state index contributed by atoms with van der Waals surface area (Å²) in [4.78, 5) is 49.3. The van der Waals surface area contributed by atoms with E-state index in [0.29, 0.717) is 6.04 Å². The number of carbonyl (C=O) groups is 4. The van der Waals surface area contributed by atoms with Crippen molar-refractivity contribution in [3.63, 3.8) is 0 Å². The summed E-state index contributed by atoms with van der Waals surface area (Å²) in [6.45, 7) is 9.77. The Bertz CT molecular complexity index is 925. The minimum atomic E-state index is -2.91. The van der Waals surface area contributed by atoms with Gasteiger partial charge in [-0.1, -0.05) is 110 Å². The molecular weight excluding hydrogens is 596 g/mol. The lowest BCUT2D eigenvalue weighted by molar-refractivity contribution is -0.336. The summed E-state index contributed by atoms with van der Waals surface area (Å²) >= 11 is 0. The lowest BCUT2D eigenvalue weighted by Crippen LogP contribution is -2.80. The highest BCUT2D eigenvalue weighted by Gasteiger charge is 2.72. The first kappa shape index (κ1) is 41.4. The van der Waals surface area contributed by atoms with Crippen molar-refractivity contribution in [3.05, 3.63) is 0 Å². The topological polar surface area (TPSA) is 146 Å². The summed E-state index contributed by atoms with van der Waals surface area (Å²) in [6.07, 6.45) is 15.2. The van der Waals surface area contributed by atoms with Crippen molar-refractivity contribution in [1.29, 1.82) is 0 Å². The molecule has 1 aliphatic heterocycles. The number of hydrogen-bond acceptors (Lipinski definition) is 10. The summed E-state index contributed by atoms with van der Waals surface area (Å²) in [5.41, 5.74) is -5.78. The van der Waals surface area contributed by atoms with Crippen molar-refractivity contribution in [2.24, 2.45) is 0 Å². The molecule has 1 rings (SSSR count). The number of carbonyl (C=O) groups excluding carboxylic acids is 4. The van der Waals surface area contributed by atoms with Gasteiger partial charge in [0.25, 0.3) is 0 Å². The third-order valence-corrected chi connectivity index (χ3v) is 11.3. The lowest BCUT2D eigenvalue weighted by atomic mass is 9.69. The third-order valence-electron chi connectivity index (χ3n) is 8.85. The molecule has 10 nitrogen and oxygen atoms in total. The largest absolute Gasteiger partial charge is 0.463 e. The monoisotopic (exact) mass is 658 g/mol. The van der Waals surface area contributed by atoms with Gasteiger partial charge in [0.15, 0.2) is 32.3 Å². The second-order valence-electron chi connectivity index (χ2n) is 13.4. The van der Waals surface area contributed by atoms with Crippen LogP contribution in [0.15, 0.2) is 0 Å². The van der Waals surface area contributed by atoms with Gasteiger partial charge in [-0.05, 0) is 33.0 Å². The molecule has 1 aliphatic rings. The summed E-state index contributed by atoms with van der Waals surface area (Å²) in [6, 6.07) is 0.694. The molecule has 2 N–H and O–H groups in total. The van der Waals surface area contributed by atoms with E-state index in [1.54, 1.807) is 0 Å². The Balaban J connectivity index is 2.66. The zero-order valence-corrected chi connectivity index (χ0v) is 30.1. The van der Waals surface area contributed by atoms with Gasteiger partial charge in [0.1, 0.15) is 12.7 Å². The lowest BCUT2D eigenvalue weighted by Gasteiger charge is -2.54. The van der Waals surface area contributed by atoms with Gasteiger partial charge in [-0.25, -0.2) is 0 Å². The molecule has 11 heteroatoms. The van der Waals surface area contributed by atoms with Crippen LogP contribution in [0.3, 0.4) is 0 Å². The van der Waals surface area contributed by atoms with Crippen LogP contribution in [0.5, 0.6) is 0 Å². The Morgan fingerprint density at radius 2 is 1.09 bits per heavy atom. The SMILES string of the molecule is CCCCCCCCCCCCCCCCCC[Si](C)(C)O[C@@H]1O[C@H](COC(C)=O)[C@@H](OC(C)=O)[C@@](O)(C(C)=O)[C@]1(O)C(C)=O. The van der Waals surface area contributed by atoms with Crippen LogP contribution in [0.1, 0.15) is 137 Å². The first-order valence-electron chi connectivity index (χ1n) is 17.2. The normalized spacial score (nSPS) is 25.1. The molecule has 0 unspecified atom stereocenters. The molecular formula is C34H62O10Si. The van der Waals surface area contributed by atoms with Crippen LogP contribution in [-0.2, 0) is 37.8 Å². The number of esters is 2. The van der Waals surface area contributed by atoms with Gasteiger partial charge in [0.05, 0.1) is 0 Å². The molecule has 1 saturated heterocycles. The molecule has 5 atom stereocenters. The van der Waals surface area contributed by atoms with Gasteiger partial charge in [0.2, 0.25) is 11.2 Å². The summed E-state index contributed by atoms with van der Waals surface area (Å²) in [5.74, 6) is -3.57. The molecule has 1 heterocycles. The molecule has 0 saturated carbocycles. The van der Waals surface area contributed by atoms with Crippen LogP contribution >= 0.6 is 0 Å². The highest BCUT2D eigenvalue weighted by Crippen LogP contribution is 2.43. The Morgan fingerprint density at radius 1 is 0.667 bits per heavy atom. The van der Waals surface area contributed by atoms with E-state index in [9.17, 15) is 29.4 Å². The van der Waals surface area contributed by atoms with Crippen molar-refractivity contribution in [1.82, 2.24) is 0 Å². The van der Waals surface area contributed by atoms with Crippen LogP contribution in [0.25, 0.3) is 0 Å². The number of unbranched alkanes of at least 4 members (excludes halogenated alkanes) is 15. The Kier molecular flexibility index (Phi) is 18.9. The highest BCUT2D eigenvalue weighted by molar-refractivity contribution is 6.71. The average Bonchev–Trinajstić information content (AvgIpc) is 2.95. The van der Waals surface area contributed by atoms with E-state index in [1.165, 1.54) is 83.5 Å². The van der Waals surface area contributed by atoms with Crippen molar-refractivity contribution < 1.29 is 48.0 Å². The zero-order chi connectivity index (χ0) is 34.1. The third kappa shape index (κ3) is 13.2. The Labute approximate surface area is 272 Å². The number of ether oxygens (including phenoxy) is 3. The second-order valence-corrected chi connectivity index (χ2v) is 17.7. The van der Waals surface area contributed by atoms with E-state index in [1.807, 2.05) is 13.1 Å². The van der Waals surface area contributed by atoms with Gasteiger partial charge in [-0.2, -0.15) is 0 Å². The fourth-order valence-corrected chi connectivity index (χ4v) is 8.15. The molecule has 0 aromatic carbocycles. The molecule has 0 aromatic heterocycles. The van der Waals surface area contributed by atoms with Crippen LogP contribution in [0.4, 0.5) is 0 Å². The molecule has 0 aliphatic carbocycles. The highest BCUT2D eigenvalue weighted by atomic mass is 28.4. The standard InChI is InChI=1S/C34H62O10Si/c1-8-9-10-11-12-13-14-15-16-17-18-19-20-21-22-23-24-45(6,7)44-32-34(40,27(3)36)33(39,26(2)35)31(42-29(5)38)30(43-32)25-41-28(4)37/h30-32,39-40H,8-25H2,1-7H3/t30-,31-,32+,33+,34+/m1/s1. The van der Waals surface area contributed by atoms with Crippen LogP contribution < -0.4 is 0 Å². The van der Waals surface area contributed by atoms with Gasteiger partial charge in [0, 0.05) is 13.8 Å². The van der Waals surface area contributed by atoms with E-state index in [-0.39, 0.29) is 0 Å². The number of aliphatic hydroxyl groups is 2. The first-order valence-corrected chi connectivity index (χ1v) is 20.4. The maximum Gasteiger partial charge on any atom is 0.303 e.